The molecule has 2 amide bonds. The number of anilines is 1. The highest BCUT2D eigenvalue weighted by Crippen LogP contribution is 2.25. The monoisotopic (exact) mass is 265 g/mol. The van der Waals surface area contributed by atoms with Gasteiger partial charge in [-0.2, -0.15) is 0 Å². The zero-order valence-electron chi connectivity index (χ0n) is 10.8. The van der Waals surface area contributed by atoms with Crippen molar-refractivity contribution in [3.8, 4) is 0 Å². The molecule has 0 radical (unpaired) electrons. The average Bonchev–Trinajstić information content (AvgIpc) is 2.45. The van der Waals surface area contributed by atoms with Gasteiger partial charge in [0.15, 0.2) is 0 Å². The molecule has 2 aromatic carbocycles. The van der Waals surface area contributed by atoms with Gasteiger partial charge in [-0.1, -0.05) is 30.3 Å². The number of rotatable bonds is 1. The van der Waals surface area contributed by atoms with Gasteiger partial charge in [0.25, 0.3) is 11.7 Å². The van der Waals surface area contributed by atoms with Gasteiger partial charge < -0.3 is 0 Å². The third-order valence-corrected chi connectivity index (χ3v) is 3.26. The van der Waals surface area contributed by atoms with Crippen LogP contribution < -0.4 is 4.90 Å². The maximum Gasteiger partial charge on any atom is 0.306 e. The summed E-state index contributed by atoms with van der Waals surface area (Å²) in [5.41, 5.74) is 1.77. The van der Waals surface area contributed by atoms with E-state index in [2.05, 4.69) is 0 Å². The van der Waals surface area contributed by atoms with Gasteiger partial charge in [-0.25, -0.2) is 4.90 Å². The molecule has 4 heteroatoms. The lowest BCUT2D eigenvalue weighted by atomic mass is 9.97. The second-order valence-corrected chi connectivity index (χ2v) is 4.66. The number of carbonyl (C=O) groups is 3. The van der Waals surface area contributed by atoms with Crippen LogP contribution in [0.2, 0.25) is 0 Å². The second kappa shape index (κ2) is 4.42. The summed E-state index contributed by atoms with van der Waals surface area (Å²) in [6.07, 6.45) is 0. The van der Waals surface area contributed by atoms with Crippen LogP contribution in [0.1, 0.15) is 26.3 Å². The van der Waals surface area contributed by atoms with Crippen molar-refractivity contribution in [3.05, 3.63) is 65.2 Å². The number of fused-ring (bicyclic) bond motifs is 1. The van der Waals surface area contributed by atoms with Crippen molar-refractivity contribution in [1.82, 2.24) is 0 Å². The van der Waals surface area contributed by atoms with Crippen LogP contribution in [0.5, 0.6) is 0 Å². The van der Waals surface area contributed by atoms with Crippen molar-refractivity contribution in [2.75, 3.05) is 4.90 Å². The van der Waals surface area contributed by atoms with Crippen molar-refractivity contribution in [2.24, 2.45) is 0 Å². The summed E-state index contributed by atoms with van der Waals surface area (Å²) >= 11 is 0. The summed E-state index contributed by atoms with van der Waals surface area (Å²) in [7, 11) is 0. The molecule has 0 bridgehead atoms. The van der Waals surface area contributed by atoms with Crippen molar-refractivity contribution >= 4 is 23.3 Å². The van der Waals surface area contributed by atoms with Gasteiger partial charge in [-0.05, 0) is 30.7 Å². The first-order chi connectivity index (χ1) is 9.59. The first kappa shape index (κ1) is 12.3. The van der Waals surface area contributed by atoms with E-state index in [1.165, 1.54) is 6.07 Å². The zero-order chi connectivity index (χ0) is 14.3. The number of carbonyl (C=O) groups excluding carboxylic acids is 3. The standard InChI is InChI=1S/C16H11NO3/c1-10-5-4-6-11(9-10)17-15(19)13-8-3-2-7-12(13)14(18)16(17)20/h2-9H,1H3. The first-order valence-electron chi connectivity index (χ1n) is 6.18. The number of benzene rings is 2. The molecule has 2 aromatic rings. The van der Waals surface area contributed by atoms with E-state index in [1.807, 2.05) is 13.0 Å². The molecule has 1 aliphatic heterocycles. The van der Waals surface area contributed by atoms with Crippen LogP contribution in [0.3, 0.4) is 0 Å². The molecule has 4 nitrogen and oxygen atoms in total. The first-order valence-corrected chi connectivity index (χ1v) is 6.18. The summed E-state index contributed by atoms with van der Waals surface area (Å²) in [5, 5.41) is 0. The molecule has 3 rings (SSSR count). The molecule has 1 aliphatic rings. The summed E-state index contributed by atoms with van der Waals surface area (Å²) in [5.74, 6) is -1.92. The fourth-order valence-corrected chi connectivity index (χ4v) is 2.30. The fourth-order valence-electron chi connectivity index (χ4n) is 2.30. The van der Waals surface area contributed by atoms with Crippen molar-refractivity contribution in [1.29, 1.82) is 0 Å². The highest BCUT2D eigenvalue weighted by atomic mass is 16.2. The number of Topliss-reactive ketones (excluding diaryl/α,β-unsaturated/α-hetero) is 1. The Morgan fingerprint density at radius 3 is 2.20 bits per heavy atom. The highest BCUT2D eigenvalue weighted by Gasteiger charge is 2.38. The van der Waals surface area contributed by atoms with E-state index < -0.39 is 17.6 Å². The van der Waals surface area contributed by atoms with Gasteiger partial charge in [0.05, 0.1) is 11.3 Å². The third kappa shape index (κ3) is 1.73. The quantitative estimate of drug-likeness (QED) is 0.587. The largest absolute Gasteiger partial charge is 0.306 e. The molecular weight excluding hydrogens is 254 g/mol. The molecule has 0 atom stereocenters. The lowest BCUT2D eigenvalue weighted by Crippen LogP contribution is -2.46. The number of amides is 2. The van der Waals surface area contributed by atoms with Crippen LogP contribution in [0.4, 0.5) is 5.69 Å². The summed E-state index contributed by atoms with van der Waals surface area (Å²) in [6.45, 7) is 1.86. The normalized spacial score (nSPS) is 14.4. The molecule has 1 heterocycles. The summed E-state index contributed by atoms with van der Waals surface area (Å²) < 4.78 is 0. The Kier molecular flexibility index (Phi) is 2.71. The van der Waals surface area contributed by atoms with Crippen LogP contribution >= 0.6 is 0 Å². The van der Waals surface area contributed by atoms with E-state index in [0.717, 1.165) is 10.5 Å². The molecule has 0 aromatic heterocycles. The van der Waals surface area contributed by atoms with Crippen molar-refractivity contribution in [2.45, 2.75) is 6.92 Å². The predicted octanol–water partition coefficient (Wildman–Crippen LogP) is 2.36. The van der Waals surface area contributed by atoms with E-state index in [9.17, 15) is 14.4 Å². The summed E-state index contributed by atoms with van der Waals surface area (Å²) in [4.78, 5) is 37.6. The van der Waals surface area contributed by atoms with Gasteiger partial charge in [-0.15, -0.1) is 0 Å². The Bertz CT molecular complexity index is 749. The fraction of sp³-hybridized carbons (Fsp3) is 0.0625. The SMILES string of the molecule is Cc1cccc(N2C(=O)C(=O)c3ccccc3C2=O)c1. The lowest BCUT2D eigenvalue weighted by molar-refractivity contribution is -0.114. The minimum atomic E-state index is -0.806. The van der Waals surface area contributed by atoms with Crippen LogP contribution in [-0.2, 0) is 4.79 Å². The highest BCUT2D eigenvalue weighted by molar-refractivity contribution is 6.55. The molecule has 0 aliphatic carbocycles. The van der Waals surface area contributed by atoms with Gasteiger partial charge in [-0.3, -0.25) is 14.4 Å². The second-order valence-electron chi connectivity index (χ2n) is 4.66. The number of nitrogens with zero attached hydrogens (tertiary/aromatic N) is 1. The van der Waals surface area contributed by atoms with E-state index in [4.69, 9.17) is 0 Å². The Labute approximate surface area is 115 Å². The molecular formula is C16H11NO3. The van der Waals surface area contributed by atoms with Crippen molar-refractivity contribution < 1.29 is 14.4 Å². The van der Waals surface area contributed by atoms with Crippen molar-refractivity contribution in [3.63, 3.8) is 0 Å². The van der Waals surface area contributed by atoms with Crippen LogP contribution in [-0.4, -0.2) is 17.6 Å². The third-order valence-electron chi connectivity index (χ3n) is 3.26. The summed E-state index contributed by atoms with van der Waals surface area (Å²) in [6, 6.07) is 13.3. The van der Waals surface area contributed by atoms with Gasteiger partial charge >= 0.3 is 5.91 Å². The molecule has 98 valence electrons. The van der Waals surface area contributed by atoms with E-state index in [-0.39, 0.29) is 11.1 Å². The minimum absolute atomic E-state index is 0.173. The number of ketones is 1. The number of aryl methyl sites for hydroxylation is 1. The zero-order valence-corrected chi connectivity index (χ0v) is 10.8. The Morgan fingerprint density at radius 1 is 0.800 bits per heavy atom. The smallest absolute Gasteiger partial charge is 0.283 e. The molecule has 0 saturated carbocycles. The molecule has 20 heavy (non-hydrogen) atoms. The van der Waals surface area contributed by atoms with Gasteiger partial charge in [0.1, 0.15) is 0 Å². The van der Waals surface area contributed by atoms with E-state index in [0.29, 0.717) is 5.69 Å². The van der Waals surface area contributed by atoms with Crippen LogP contribution in [0.15, 0.2) is 48.5 Å². The minimum Gasteiger partial charge on any atom is -0.283 e. The average molecular weight is 265 g/mol. The van der Waals surface area contributed by atoms with Gasteiger partial charge in [0, 0.05) is 5.56 Å². The maximum atomic E-state index is 12.4. The van der Waals surface area contributed by atoms with Gasteiger partial charge in [0.2, 0.25) is 0 Å². The number of hydrogen-bond donors (Lipinski definition) is 0. The number of hydrogen-bond acceptors (Lipinski definition) is 3. The molecule has 0 N–H and O–H groups in total. The predicted molar refractivity (Wildman–Crippen MR) is 73.8 cm³/mol. The topological polar surface area (TPSA) is 54.5 Å². The molecule has 0 spiro atoms. The van der Waals surface area contributed by atoms with Crippen LogP contribution in [0, 0.1) is 6.92 Å². The Morgan fingerprint density at radius 2 is 1.50 bits per heavy atom. The Hall–Kier alpha value is -2.75. The molecule has 0 saturated heterocycles. The Balaban J connectivity index is 2.17. The maximum absolute atomic E-state index is 12.4. The number of imide groups is 1. The molecule has 0 fully saturated rings. The molecule has 0 unspecified atom stereocenters. The van der Waals surface area contributed by atoms with Crippen LogP contribution in [0.25, 0.3) is 0 Å². The van der Waals surface area contributed by atoms with E-state index >= 15 is 0 Å². The van der Waals surface area contributed by atoms with E-state index in [1.54, 1.807) is 36.4 Å². The lowest BCUT2D eigenvalue weighted by Gasteiger charge is -2.25.